The first kappa shape index (κ1) is 24.8. The number of nitrogens with one attached hydrogen (secondary N) is 3. The fourth-order valence-corrected chi connectivity index (χ4v) is 4.02. The number of benzene rings is 3. The third kappa shape index (κ3) is 4.63. The van der Waals surface area contributed by atoms with Crippen molar-refractivity contribution in [1.29, 1.82) is 0 Å². The molecule has 0 saturated heterocycles. The van der Waals surface area contributed by atoms with Gasteiger partial charge in [-0.05, 0) is 60.7 Å². The molecule has 6 nitrogen and oxygen atoms in total. The molecule has 0 aliphatic heterocycles. The quantitative estimate of drug-likeness (QED) is 0.183. The van der Waals surface area contributed by atoms with Crippen molar-refractivity contribution < 1.29 is 31.1 Å². The molecule has 0 radical (unpaired) electrons. The summed E-state index contributed by atoms with van der Waals surface area (Å²) in [4.78, 5) is 31.5. The number of anilines is 3. The average molecular weight is 528 g/mol. The largest absolute Gasteiger partial charge is 0.417 e. The standard InChI is InChI=1S/C26H14F6N4O2/c27-12-1-4-15-17(9-12)22-21(7-8-33-23(22)36-24(15)37)35-20-6-3-14(11-19(20)29)34-25(38)16-5-2-13(28)10-18(16)26(30,31)32/h1-11H,(H,34,38)(H2,33,35,36,37). The Kier molecular flexibility index (Phi) is 6.02. The van der Waals surface area contributed by atoms with Gasteiger partial charge in [-0.25, -0.2) is 18.2 Å². The van der Waals surface area contributed by atoms with Crippen LogP contribution in [0.2, 0.25) is 0 Å². The van der Waals surface area contributed by atoms with Crippen LogP contribution >= 0.6 is 0 Å². The van der Waals surface area contributed by atoms with Crippen LogP contribution in [0.3, 0.4) is 0 Å². The Balaban J connectivity index is 1.47. The summed E-state index contributed by atoms with van der Waals surface area (Å²) < 4.78 is 82.0. The zero-order chi connectivity index (χ0) is 27.2. The van der Waals surface area contributed by atoms with E-state index in [9.17, 15) is 35.9 Å². The predicted molar refractivity (Wildman–Crippen MR) is 129 cm³/mol. The average Bonchev–Trinajstić information content (AvgIpc) is 2.85. The van der Waals surface area contributed by atoms with E-state index in [1.54, 1.807) is 0 Å². The maximum atomic E-state index is 15.0. The van der Waals surface area contributed by atoms with E-state index in [0.29, 0.717) is 17.5 Å². The van der Waals surface area contributed by atoms with E-state index in [-0.39, 0.29) is 39.5 Å². The Labute approximate surface area is 208 Å². The molecular weight excluding hydrogens is 514 g/mol. The number of nitrogens with zero attached hydrogens (tertiary/aromatic N) is 1. The molecule has 3 N–H and O–H groups in total. The number of pyridine rings is 2. The van der Waals surface area contributed by atoms with Crippen molar-refractivity contribution in [3.63, 3.8) is 0 Å². The molecule has 192 valence electrons. The second-order valence-electron chi connectivity index (χ2n) is 8.19. The number of hydrogen-bond donors (Lipinski definition) is 3. The molecule has 0 unspecified atom stereocenters. The fourth-order valence-electron chi connectivity index (χ4n) is 4.02. The Morgan fingerprint density at radius 2 is 1.58 bits per heavy atom. The molecule has 38 heavy (non-hydrogen) atoms. The summed E-state index contributed by atoms with van der Waals surface area (Å²) >= 11 is 0. The van der Waals surface area contributed by atoms with Crippen molar-refractivity contribution in [3.8, 4) is 0 Å². The molecule has 0 fully saturated rings. The maximum absolute atomic E-state index is 15.0. The monoisotopic (exact) mass is 528 g/mol. The van der Waals surface area contributed by atoms with Gasteiger partial charge in [0.05, 0.1) is 22.5 Å². The van der Waals surface area contributed by atoms with Crippen LogP contribution in [0.4, 0.5) is 43.4 Å². The number of rotatable bonds is 4. The Morgan fingerprint density at radius 3 is 2.32 bits per heavy atom. The van der Waals surface area contributed by atoms with Crippen LogP contribution in [0, 0.1) is 17.5 Å². The summed E-state index contributed by atoms with van der Waals surface area (Å²) in [5.74, 6) is -3.86. The minimum Gasteiger partial charge on any atom is -0.352 e. The lowest BCUT2D eigenvalue weighted by molar-refractivity contribution is -0.138. The van der Waals surface area contributed by atoms with Crippen LogP contribution in [0.1, 0.15) is 15.9 Å². The molecule has 2 aromatic heterocycles. The highest BCUT2D eigenvalue weighted by molar-refractivity contribution is 6.11. The van der Waals surface area contributed by atoms with Gasteiger partial charge in [0.1, 0.15) is 23.1 Å². The number of H-pyrrole nitrogens is 1. The molecule has 1 amide bonds. The first-order valence-corrected chi connectivity index (χ1v) is 10.9. The van der Waals surface area contributed by atoms with Crippen molar-refractivity contribution in [2.75, 3.05) is 10.6 Å². The molecule has 2 heterocycles. The van der Waals surface area contributed by atoms with Gasteiger partial charge in [-0.2, -0.15) is 13.2 Å². The number of fused-ring (bicyclic) bond motifs is 3. The minimum absolute atomic E-state index is 0.0935. The molecule has 3 aromatic carbocycles. The highest BCUT2D eigenvalue weighted by Crippen LogP contribution is 2.34. The van der Waals surface area contributed by atoms with E-state index in [1.165, 1.54) is 30.5 Å². The van der Waals surface area contributed by atoms with Gasteiger partial charge in [-0.15, -0.1) is 0 Å². The van der Waals surface area contributed by atoms with Gasteiger partial charge in [0.2, 0.25) is 0 Å². The number of carbonyl (C=O) groups is 1. The molecule has 0 aliphatic rings. The number of carbonyl (C=O) groups excluding carboxylic acids is 1. The van der Waals surface area contributed by atoms with E-state index in [4.69, 9.17) is 0 Å². The van der Waals surface area contributed by atoms with Gasteiger partial charge >= 0.3 is 6.18 Å². The van der Waals surface area contributed by atoms with Crippen molar-refractivity contribution in [1.82, 2.24) is 9.97 Å². The van der Waals surface area contributed by atoms with Gasteiger partial charge in [0.25, 0.3) is 11.5 Å². The predicted octanol–water partition coefficient (Wildman–Crippen LogP) is 6.51. The molecule has 5 rings (SSSR count). The molecular formula is C26H14F6N4O2. The van der Waals surface area contributed by atoms with Crippen LogP contribution in [0.25, 0.3) is 21.8 Å². The van der Waals surface area contributed by atoms with Crippen LogP contribution in [0.5, 0.6) is 0 Å². The van der Waals surface area contributed by atoms with Crippen molar-refractivity contribution in [2.45, 2.75) is 6.18 Å². The zero-order valence-electron chi connectivity index (χ0n) is 18.9. The smallest absolute Gasteiger partial charge is 0.352 e. The van der Waals surface area contributed by atoms with Gasteiger partial charge in [0.15, 0.2) is 0 Å². The van der Waals surface area contributed by atoms with Gasteiger partial charge in [-0.1, -0.05) is 0 Å². The minimum atomic E-state index is -4.99. The molecule has 12 heteroatoms. The molecule has 0 bridgehead atoms. The Hall–Kier alpha value is -4.87. The number of hydrogen-bond acceptors (Lipinski definition) is 4. The van der Waals surface area contributed by atoms with E-state index in [0.717, 1.165) is 18.2 Å². The number of aromatic amines is 1. The highest BCUT2D eigenvalue weighted by atomic mass is 19.4. The zero-order valence-corrected chi connectivity index (χ0v) is 18.9. The summed E-state index contributed by atoms with van der Waals surface area (Å²) in [5.41, 5.74) is -2.65. The van der Waals surface area contributed by atoms with E-state index in [1.807, 2.05) is 0 Å². The first-order valence-electron chi connectivity index (χ1n) is 10.9. The highest BCUT2D eigenvalue weighted by Gasteiger charge is 2.35. The van der Waals surface area contributed by atoms with Crippen LogP contribution in [-0.4, -0.2) is 15.9 Å². The molecule has 5 aromatic rings. The SMILES string of the molecule is O=C(Nc1ccc(Nc2ccnc3[nH]c(=O)c4ccc(F)cc4c23)c(F)c1)c1ccc(F)cc1C(F)(F)F. The summed E-state index contributed by atoms with van der Waals surface area (Å²) in [7, 11) is 0. The van der Waals surface area contributed by atoms with Gasteiger partial charge < -0.3 is 15.6 Å². The third-order valence-corrected chi connectivity index (χ3v) is 5.71. The van der Waals surface area contributed by atoms with Gasteiger partial charge in [0, 0.05) is 28.0 Å². The summed E-state index contributed by atoms with van der Waals surface area (Å²) in [6.45, 7) is 0. The number of alkyl halides is 3. The summed E-state index contributed by atoms with van der Waals surface area (Å²) in [6.07, 6.45) is -3.64. The Morgan fingerprint density at radius 1 is 0.842 bits per heavy atom. The Bertz CT molecular complexity index is 1800. The third-order valence-electron chi connectivity index (χ3n) is 5.71. The normalized spacial score (nSPS) is 11.6. The lowest BCUT2D eigenvalue weighted by atomic mass is 10.1. The van der Waals surface area contributed by atoms with Crippen molar-refractivity contribution in [2.24, 2.45) is 0 Å². The van der Waals surface area contributed by atoms with Crippen LogP contribution < -0.4 is 16.2 Å². The second-order valence-corrected chi connectivity index (χ2v) is 8.19. The first-order chi connectivity index (χ1) is 18.0. The summed E-state index contributed by atoms with van der Waals surface area (Å²) in [6, 6.07) is 10.00. The van der Waals surface area contributed by atoms with Crippen LogP contribution in [-0.2, 0) is 6.18 Å². The molecule has 0 aliphatic carbocycles. The van der Waals surface area contributed by atoms with Crippen molar-refractivity contribution in [3.05, 3.63) is 106 Å². The van der Waals surface area contributed by atoms with Crippen molar-refractivity contribution >= 4 is 44.8 Å². The molecule has 0 spiro atoms. The van der Waals surface area contributed by atoms with E-state index in [2.05, 4.69) is 20.6 Å². The number of aromatic nitrogens is 2. The van der Waals surface area contributed by atoms with Gasteiger partial charge in [-0.3, -0.25) is 9.59 Å². The lowest BCUT2D eigenvalue weighted by Gasteiger charge is -2.14. The summed E-state index contributed by atoms with van der Waals surface area (Å²) in [5, 5.41) is 5.74. The number of halogens is 6. The molecule has 0 atom stereocenters. The van der Waals surface area contributed by atoms with E-state index < -0.39 is 46.2 Å². The second kappa shape index (κ2) is 9.21. The molecule has 0 saturated carbocycles. The van der Waals surface area contributed by atoms with Crippen LogP contribution in [0.15, 0.2) is 71.7 Å². The fraction of sp³-hybridized carbons (Fsp3) is 0.0385. The maximum Gasteiger partial charge on any atom is 0.417 e. The lowest BCUT2D eigenvalue weighted by Crippen LogP contribution is -2.19. The number of amides is 1. The topological polar surface area (TPSA) is 86.9 Å². The van der Waals surface area contributed by atoms with E-state index >= 15 is 0 Å².